The maximum absolute atomic E-state index is 13.5. The quantitative estimate of drug-likeness (QED) is 0.189. The van der Waals surface area contributed by atoms with E-state index in [9.17, 15) is 14.7 Å². The van der Waals surface area contributed by atoms with Crippen LogP contribution >= 0.6 is 11.3 Å². The van der Waals surface area contributed by atoms with Crippen molar-refractivity contribution in [1.29, 1.82) is 0 Å². The lowest BCUT2D eigenvalue weighted by molar-refractivity contribution is -0.109. The minimum Gasteiger partial charge on any atom is -0.476 e. The number of anilines is 2. The summed E-state index contributed by atoms with van der Waals surface area (Å²) in [5.41, 5.74) is 6.23. The second kappa shape index (κ2) is 11.3. The number of pyridine rings is 1. The van der Waals surface area contributed by atoms with E-state index in [2.05, 4.69) is 39.8 Å². The number of amides is 1. The van der Waals surface area contributed by atoms with Gasteiger partial charge in [-0.1, -0.05) is 49.4 Å². The van der Waals surface area contributed by atoms with E-state index in [-0.39, 0.29) is 11.6 Å². The van der Waals surface area contributed by atoms with Crippen LogP contribution in [-0.4, -0.2) is 43.3 Å². The van der Waals surface area contributed by atoms with Crippen LogP contribution in [0.3, 0.4) is 0 Å². The Hall–Kier alpha value is -4.57. The molecule has 0 radical (unpaired) electrons. The summed E-state index contributed by atoms with van der Waals surface area (Å²) in [6, 6.07) is 17.4. The fraction of sp³-hybridized carbons (Fsp3) is 0.378. The Bertz CT molecular complexity index is 2010. The second-order valence-electron chi connectivity index (χ2n) is 14.0. The molecule has 2 bridgehead atoms. The highest BCUT2D eigenvalue weighted by Crippen LogP contribution is 2.61. The fourth-order valence-electron chi connectivity index (χ4n) is 8.38. The van der Waals surface area contributed by atoms with E-state index in [0.29, 0.717) is 46.5 Å². The van der Waals surface area contributed by atoms with Gasteiger partial charge in [-0.15, -0.1) is 0 Å². The van der Waals surface area contributed by atoms with Gasteiger partial charge < -0.3 is 10.0 Å². The van der Waals surface area contributed by atoms with Crippen LogP contribution in [0.2, 0.25) is 0 Å². The van der Waals surface area contributed by atoms with Gasteiger partial charge in [-0.05, 0) is 97.2 Å². The van der Waals surface area contributed by atoms with Gasteiger partial charge in [0.25, 0.3) is 5.91 Å². The maximum atomic E-state index is 13.5. The van der Waals surface area contributed by atoms with Crippen molar-refractivity contribution in [3.8, 4) is 11.1 Å². The summed E-state index contributed by atoms with van der Waals surface area (Å²) in [4.78, 5) is 37.4. The lowest BCUT2D eigenvalue weighted by Crippen LogP contribution is -2.53. The van der Waals surface area contributed by atoms with Gasteiger partial charge in [0.2, 0.25) is 0 Å². The number of para-hydroxylation sites is 1. The van der Waals surface area contributed by atoms with Gasteiger partial charge in [0.15, 0.2) is 10.8 Å². The number of carbonyl (C=O) groups is 2. The molecule has 3 atom stereocenters. The van der Waals surface area contributed by atoms with Gasteiger partial charge in [0, 0.05) is 42.0 Å². The zero-order valence-electron chi connectivity index (χ0n) is 26.9. The number of aromatic nitrogens is 4. The van der Waals surface area contributed by atoms with Crippen molar-refractivity contribution in [3.63, 3.8) is 0 Å². The predicted molar refractivity (Wildman–Crippen MR) is 184 cm³/mol. The molecule has 3 fully saturated rings. The van der Waals surface area contributed by atoms with Crippen LogP contribution in [0.5, 0.6) is 0 Å². The number of fused-ring (bicyclic) bond motifs is 4. The first-order valence-electron chi connectivity index (χ1n) is 16.5. The van der Waals surface area contributed by atoms with Crippen LogP contribution in [0.1, 0.15) is 70.8 Å². The zero-order chi connectivity index (χ0) is 32.4. The number of hydrogen-bond donors (Lipinski definition) is 2. The summed E-state index contributed by atoms with van der Waals surface area (Å²) in [7, 11) is 0. The average Bonchev–Trinajstić information content (AvgIpc) is 3.65. The van der Waals surface area contributed by atoms with Gasteiger partial charge >= 0.3 is 5.97 Å². The molecule has 0 saturated heterocycles. The summed E-state index contributed by atoms with van der Waals surface area (Å²) >= 11 is 1.45. The van der Waals surface area contributed by atoms with Crippen LogP contribution in [-0.2, 0) is 19.5 Å². The number of nitrogens with one attached hydrogen (secondary N) is 1. The van der Waals surface area contributed by atoms with Crippen molar-refractivity contribution in [2.75, 3.05) is 16.8 Å². The van der Waals surface area contributed by atoms with Gasteiger partial charge in [-0.2, -0.15) is 5.10 Å². The first-order valence-corrected chi connectivity index (χ1v) is 17.3. The van der Waals surface area contributed by atoms with Crippen LogP contribution < -0.4 is 10.2 Å². The molecule has 9 rings (SSSR count). The number of benzene rings is 2. The molecule has 9 nitrogen and oxygen atoms in total. The summed E-state index contributed by atoms with van der Waals surface area (Å²) in [6.45, 7) is 8.82. The fourth-order valence-corrected chi connectivity index (χ4v) is 9.24. The average molecular weight is 647 g/mol. The van der Waals surface area contributed by atoms with E-state index in [4.69, 9.17) is 10.1 Å². The molecule has 0 unspecified atom stereocenters. The number of hydrogen-bond acceptors (Lipinski definition) is 7. The van der Waals surface area contributed by atoms with Crippen molar-refractivity contribution in [3.05, 3.63) is 88.9 Å². The molecule has 3 aromatic heterocycles. The monoisotopic (exact) mass is 646 g/mol. The van der Waals surface area contributed by atoms with Crippen molar-refractivity contribution < 1.29 is 14.7 Å². The third-order valence-electron chi connectivity index (χ3n) is 11.2. The van der Waals surface area contributed by atoms with Gasteiger partial charge in [-0.3, -0.25) is 14.8 Å². The van der Waals surface area contributed by atoms with Gasteiger partial charge in [0.1, 0.15) is 5.82 Å². The van der Waals surface area contributed by atoms with Crippen molar-refractivity contribution in [2.24, 2.45) is 23.2 Å². The lowest BCUT2D eigenvalue weighted by Gasteiger charge is -2.60. The van der Waals surface area contributed by atoms with E-state index < -0.39 is 5.97 Å². The van der Waals surface area contributed by atoms with Crippen LogP contribution in [0.4, 0.5) is 10.9 Å². The number of thiazole rings is 1. The van der Waals surface area contributed by atoms with Crippen LogP contribution in [0.25, 0.3) is 21.3 Å². The number of aromatic carboxylic acids is 1. The van der Waals surface area contributed by atoms with Crippen molar-refractivity contribution >= 4 is 44.4 Å². The minimum absolute atomic E-state index is 0.0124. The van der Waals surface area contributed by atoms with Gasteiger partial charge in [-0.25, -0.2) is 14.8 Å². The van der Waals surface area contributed by atoms with E-state index in [1.807, 2.05) is 55.5 Å². The molecule has 1 aliphatic heterocycles. The second-order valence-corrected chi connectivity index (χ2v) is 15.0. The number of carboxylic acid groups (broad SMARTS) is 1. The van der Waals surface area contributed by atoms with E-state index >= 15 is 0 Å². The first-order chi connectivity index (χ1) is 22.7. The third kappa shape index (κ3) is 5.10. The summed E-state index contributed by atoms with van der Waals surface area (Å²) in [5.74, 6) is 1.46. The topological polar surface area (TPSA) is 113 Å². The Labute approximate surface area is 277 Å². The highest BCUT2D eigenvalue weighted by Gasteiger charge is 2.54. The number of rotatable bonds is 7. The Morgan fingerprint density at radius 3 is 2.68 bits per heavy atom. The SMILES string of the molecule is Cc1c(-c2ccc(N3CCc4cccc(C(=O)Nc5nc6ccccc6s5)c4C3)nc2C(=O)O)cnn1C[C@@H]1CC[C@H]2C[C@@H]1C2(C)C. The smallest absolute Gasteiger partial charge is 0.355 e. The molecule has 0 spiro atoms. The van der Waals surface area contributed by atoms with Crippen molar-refractivity contribution in [1.82, 2.24) is 19.7 Å². The molecule has 47 heavy (non-hydrogen) atoms. The molecule has 2 aromatic carbocycles. The largest absolute Gasteiger partial charge is 0.476 e. The Morgan fingerprint density at radius 2 is 1.89 bits per heavy atom. The standard InChI is InChI=1S/C37H38N6O3S/c1-21-27(18-38-43(21)19-23-11-12-24-17-29(23)37(24,2)3)25-13-14-32(40-33(25)35(45)46)42-16-15-22-7-6-8-26(28(22)20-42)34(44)41-36-39-30-9-4-5-10-31(30)47-36/h4-10,13-14,18,23-24,29H,11-12,15-17,19-20H2,1-3H3,(H,45,46)(H,39,41,44)/t23-,24-,29-/m0/s1. The Morgan fingerprint density at radius 1 is 1.04 bits per heavy atom. The maximum Gasteiger partial charge on any atom is 0.355 e. The highest BCUT2D eigenvalue weighted by molar-refractivity contribution is 7.22. The number of carboxylic acids is 1. The molecular formula is C37H38N6O3S. The predicted octanol–water partition coefficient (Wildman–Crippen LogP) is 7.45. The summed E-state index contributed by atoms with van der Waals surface area (Å²) < 4.78 is 3.08. The molecule has 3 aliphatic carbocycles. The molecular weight excluding hydrogens is 609 g/mol. The summed E-state index contributed by atoms with van der Waals surface area (Å²) in [5, 5.41) is 18.6. The van der Waals surface area contributed by atoms with Crippen LogP contribution in [0, 0.1) is 30.1 Å². The normalized spacial score (nSPS) is 21.3. The number of nitrogens with zero attached hydrogens (tertiary/aromatic N) is 5. The summed E-state index contributed by atoms with van der Waals surface area (Å²) in [6.07, 6.45) is 6.34. The van der Waals surface area contributed by atoms with E-state index in [1.165, 1.54) is 30.6 Å². The highest BCUT2D eigenvalue weighted by atomic mass is 32.1. The molecule has 10 heteroatoms. The van der Waals surface area contributed by atoms with Gasteiger partial charge in [0.05, 0.1) is 16.4 Å². The molecule has 4 heterocycles. The number of carbonyl (C=O) groups excluding carboxylic acids is 1. The molecule has 3 saturated carbocycles. The van der Waals surface area contributed by atoms with Crippen LogP contribution in [0.15, 0.2) is 60.8 Å². The van der Waals surface area contributed by atoms with Crippen molar-refractivity contribution in [2.45, 2.75) is 59.5 Å². The lowest BCUT2D eigenvalue weighted by atomic mass is 9.45. The molecule has 5 aromatic rings. The molecule has 240 valence electrons. The van der Waals surface area contributed by atoms with E-state index in [1.54, 1.807) is 6.20 Å². The molecule has 1 amide bonds. The Kier molecular flexibility index (Phi) is 7.16. The zero-order valence-corrected chi connectivity index (χ0v) is 27.7. The Balaban J connectivity index is 1.04. The minimum atomic E-state index is -1.07. The molecule has 4 aliphatic rings. The molecule has 2 N–H and O–H groups in total. The third-order valence-corrected chi connectivity index (χ3v) is 12.2. The first kappa shape index (κ1) is 29.8. The van der Waals surface area contributed by atoms with E-state index in [0.717, 1.165) is 57.4 Å².